The second-order valence-corrected chi connectivity index (χ2v) is 6.82. The van der Waals surface area contributed by atoms with E-state index in [0.29, 0.717) is 12.5 Å². The van der Waals surface area contributed by atoms with Crippen LogP contribution >= 0.6 is 0 Å². The molecule has 1 saturated carbocycles. The van der Waals surface area contributed by atoms with E-state index in [2.05, 4.69) is 19.9 Å². The Morgan fingerprint density at radius 2 is 1.79 bits per heavy atom. The lowest BCUT2D eigenvalue weighted by Crippen LogP contribution is -2.30. The first kappa shape index (κ1) is 15.7. The van der Waals surface area contributed by atoms with Gasteiger partial charge in [-0.3, -0.25) is 9.80 Å². The molecule has 2 fully saturated rings. The first-order valence-electron chi connectivity index (χ1n) is 8.78. The molecular weight excluding hydrogens is 307 g/mol. The molecule has 1 saturated heterocycles. The van der Waals surface area contributed by atoms with Crippen molar-refractivity contribution in [1.82, 2.24) is 19.9 Å². The smallest absolute Gasteiger partial charge is 0.229 e. The maximum absolute atomic E-state index is 13.8. The number of halogens is 1. The standard InChI is InChI=1S/C18H23FN4O/c19-16-5-2-1-4-15(16)12-22-8-3-9-23(11-10-22)13-17-20-18(24-21-17)14-6-7-14/h1-2,4-5,14H,3,6-13H2. The van der Waals surface area contributed by atoms with Crippen molar-refractivity contribution in [3.8, 4) is 0 Å². The van der Waals surface area contributed by atoms with Crippen LogP contribution in [0.15, 0.2) is 28.8 Å². The summed E-state index contributed by atoms with van der Waals surface area (Å²) in [6.45, 7) is 5.30. The molecule has 5 nitrogen and oxygen atoms in total. The number of aromatic nitrogens is 2. The Kier molecular flexibility index (Phi) is 4.58. The van der Waals surface area contributed by atoms with E-state index >= 15 is 0 Å². The zero-order valence-electron chi connectivity index (χ0n) is 13.8. The lowest BCUT2D eigenvalue weighted by atomic mass is 10.2. The van der Waals surface area contributed by atoms with Crippen LogP contribution in [0.4, 0.5) is 4.39 Å². The molecule has 0 radical (unpaired) electrons. The normalized spacial score (nSPS) is 20.2. The van der Waals surface area contributed by atoms with Gasteiger partial charge in [-0.25, -0.2) is 4.39 Å². The number of rotatable bonds is 5. The summed E-state index contributed by atoms with van der Waals surface area (Å²) in [5.41, 5.74) is 0.776. The van der Waals surface area contributed by atoms with Crippen molar-refractivity contribution in [3.05, 3.63) is 47.4 Å². The monoisotopic (exact) mass is 330 g/mol. The van der Waals surface area contributed by atoms with E-state index in [-0.39, 0.29) is 5.82 Å². The van der Waals surface area contributed by atoms with Crippen LogP contribution in [0.2, 0.25) is 0 Å². The zero-order valence-corrected chi connectivity index (χ0v) is 13.8. The first-order valence-corrected chi connectivity index (χ1v) is 8.78. The second-order valence-electron chi connectivity index (χ2n) is 6.82. The van der Waals surface area contributed by atoms with Crippen LogP contribution in [-0.4, -0.2) is 46.1 Å². The molecule has 0 N–H and O–H groups in total. The molecule has 2 heterocycles. The molecule has 4 rings (SSSR count). The van der Waals surface area contributed by atoms with E-state index in [0.717, 1.165) is 56.4 Å². The predicted molar refractivity (Wildman–Crippen MR) is 87.8 cm³/mol. The number of hydrogen-bond donors (Lipinski definition) is 0. The molecule has 0 atom stereocenters. The van der Waals surface area contributed by atoms with E-state index in [1.807, 2.05) is 12.1 Å². The van der Waals surface area contributed by atoms with Crippen molar-refractivity contribution < 1.29 is 8.91 Å². The molecule has 0 amide bonds. The van der Waals surface area contributed by atoms with Crippen molar-refractivity contribution >= 4 is 0 Å². The molecule has 0 bridgehead atoms. The molecule has 2 aromatic rings. The maximum Gasteiger partial charge on any atom is 0.229 e. The minimum absolute atomic E-state index is 0.113. The molecule has 24 heavy (non-hydrogen) atoms. The first-order chi connectivity index (χ1) is 11.8. The predicted octanol–water partition coefficient (Wildman–Crippen LogP) is 2.79. The molecule has 1 aromatic carbocycles. The average molecular weight is 330 g/mol. The third kappa shape index (κ3) is 3.82. The highest BCUT2D eigenvalue weighted by molar-refractivity contribution is 5.17. The Bertz CT molecular complexity index is 685. The summed E-state index contributed by atoms with van der Waals surface area (Å²) in [7, 11) is 0. The Hall–Kier alpha value is -1.79. The third-order valence-corrected chi connectivity index (χ3v) is 4.81. The van der Waals surface area contributed by atoms with Crippen molar-refractivity contribution in [2.75, 3.05) is 26.2 Å². The van der Waals surface area contributed by atoms with Gasteiger partial charge in [-0.05, 0) is 38.4 Å². The minimum atomic E-state index is -0.113. The third-order valence-electron chi connectivity index (χ3n) is 4.81. The topological polar surface area (TPSA) is 45.4 Å². The van der Waals surface area contributed by atoms with Crippen LogP contribution in [0.5, 0.6) is 0 Å². The van der Waals surface area contributed by atoms with Crippen LogP contribution in [0.1, 0.15) is 42.5 Å². The fraction of sp³-hybridized carbons (Fsp3) is 0.556. The van der Waals surface area contributed by atoms with E-state index in [1.165, 1.54) is 18.9 Å². The van der Waals surface area contributed by atoms with Gasteiger partial charge in [0.1, 0.15) is 5.82 Å². The molecule has 0 unspecified atom stereocenters. The average Bonchev–Trinajstić information content (AvgIpc) is 3.36. The second kappa shape index (κ2) is 6.99. The molecule has 0 spiro atoms. The van der Waals surface area contributed by atoms with Gasteiger partial charge in [-0.15, -0.1) is 0 Å². The van der Waals surface area contributed by atoms with Crippen LogP contribution in [0, 0.1) is 5.82 Å². The van der Waals surface area contributed by atoms with E-state index in [1.54, 1.807) is 6.07 Å². The molecule has 1 aliphatic heterocycles. The quantitative estimate of drug-likeness (QED) is 0.843. The Labute approximate surface area is 141 Å². The lowest BCUT2D eigenvalue weighted by molar-refractivity contribution is 0.239. The van der Waals surface area contributed by atoms with Gasteiger partial charge in [-0.2, -0.15) is 4.98 Å². The van der Waals surface area contributed by atoms with Gasteiger partial charge < -0.3 is 4.52 Å². The van der Waals surface area contributed by atoms with Crippen molar-refractivity contribution in [1.29, 1.82) is 0 Å². The zero-order chi connectivity index (χ0) is 16.4. The SMILES string of the molecule is Fc1ccccc1CN1CCCN(Cc2noc(C3CC3)n2)CC1. The van der Waals surface area contributed by atoms with E-state index < -0.39 is 0 Å². The van der Waals surface area contributed by atoms with Gasteiger partial charge in [0, 0.05) is 31.1 Å². The fourth-order valence-electron chi connectivity index (χ4n) is 3.24. The summed E-state index contributed by atoms with van der Waals surface area (Å²) >= 11 is 0. The van der Waals surface area contributed by atoms with Crippen LogP contribution < -0.4 is 0 Å². The van der Waals surface area contributed by atoms with Crippen molar-refractivity contribution in [2.45, 2.75) is 38.3 Å². The Balaban J connectivity index is 1.31. The summed E-state index contributed by atoms with van der Waals surface area (Å²) in [6.07, 6.45) is 3.43. The maximum atomic E-state index is 13.8. The Morgan fingerprint density at radius 3 is 2.54 bits per heavy atom. The molecular formula is C18H23FN4O. The lowest BCUT2D eigenvalue weighted by Gasteiger charge is -2.21. The summed E-state index contributed by atoms with van der Waals surface area (Å²) in [4.78, 5) is 9.20. The number of hydrogen-bond acceptors (Lipinski definition) is 5. The summed E-state index contributed by atoms with van der Waals surface area (Å²) < 4.78 is 19.2. The molecule has 6 heteroatoms. The number of nitrogens with zero attached hydrogens (tertiary/aromatic N) is 4. The molecule has 1 aromatic heterocycles. The molecule has 128 valence electrons. The van der Waals surface area contributed by atoms with Crippen LogP contribution in [0.25, 0.3) is 0 Å². The summed E-state index contributed by atoms with van der Waals surface area (Å²) in [6, 6.07) is 7.05. The largest absolute Gasteiger partial charge is 0.339 e. The minimum Gasteiger partial charge on any atom is -0.339 e. The number of benzene rings is 1. The van der Waals surface area contributed by atoms with Gasteiger partial charge in [-0.1, -0.05) is 23.4 Å². The van der Waals surface area contributed by atoms with Crippen molar-refractivity contribution in [3.63, 3.8) is 0 Å². The van der Waals surface area contributed by atoms with Gasteiger partial charge in [0.25, 0.3) is 0 Å². The molecule has 2 aliphatic rings. The highest BCUT2D eigenvalue weighted by Crippen LogP contribution is 2.38. The van der Waals surface area contributed by atoms with Crippen molar-refractivity contribution in [2.24, 2.45) is 0 Å². The Morgan fingerprint density at radius 1 is 1.04 bits per heavy atom. The van der Waals surface area contributed by atoms with E-state index in [9.17, 15) is 4.39 Å². The molecule has 1 aliphatic carbocycles. The van der Waals surface area contributed by atoms with E-state index in [4.69, 9.17) is 4.52 Å². The van der Waals surface area contributed by atoms with Gasteiger partial charge in [0.2, 0.25) is 5.89 Å². The van der Waals surface area contributed by atoms with Crippen LogP contribution in [0.3, 0.4) is 0 Å². The van der Waals surface area contributed by atoms with Gasteiger partial charge >= 0.3 is 0 Å². The van der Waals surface area contributed by atoms with Crippen LogP contribution in [-0.2, 0) is 13.1 Å². The van der Waals surface area contributed by atoms with Gasteiger partial charge in [0.15, 0.2) is 5.82 Å². The fourth-order valence-corrected chi connectivity index (χ4v) is 3.24. The summed E-state index contributed by atoms with van der Waals surface area (Å²) in [5.74, 6) is 1.99. The summed E-state index contributed by atoms with van der Waals surface area (Å²) in [5, 5.41) is 4.11. The highest BCUT2D eigenvalue weighted by Gasteiger charge is 2.29. The van der Waals surface area contributed by atoms with Gasteiger partial charge in [0.05, 0.1) is 6.54 Å². The highest BCUT2D eigenvalue weighted by atomic mass is 19.1.